The first-order valence-electron chi connectivity index (χ1n) is 7.42. The van der Waals surface area contributed by atoms with Gasteiger partial charge in [0, 0.05) is 17.0 Å². The molecule has 0 bridgehead atoms. The average molecular weight is 292 g/mol. The Bertz CT molecular complexity index is 957. The number of fused-ring (bicyclic) bond motifs is 4. The van der Waals surface area contributed by atoms with Gasteiger partial charge in [-0.05, 0) is 36.2 Å². The summed E-state index contributed by atoms with van der Waals surface area (Å²) in [5, 5.41) is 1.11. The third-order valence-corrected chi connectivity index (χ3v) is 4.37. The molecule has 22 heavy (non-hydrogen) atoms. The predicted molar refractivity (Wildman–Crippen MR) is 86.5 cm³/mol. The van der Waals surface area contributed by atoms with Gasteiger partial charge in [0.15, 0.2) is 0 Å². The van der Waals surface area contributed by atoms with Crippen LogP contribution >= 0.6 is 0 Å². The summed E-state index contributed by atoms with van der Waals surface area (Å²) in [6, 6.07) is 11.3. The van der Waals surface area contributed by atoms with E-state index in [0.717, 1.165) is 40.0 Å². The maximum absolute atomic E-state index is 12.1. The Labute approximate surface area is 128 Å². The molecule has 3 heterocycles. The van der Waals surface area contributed by atoms with Gasteiger partial charge >= 0.3 is 0 Å². The zero-order valence-corrected chi connectivity index (χ0v) is 12.6. The van der Waals surface area contributed by atoms with E-state index in [1.165, 1.54) is 5.56 Å². The summed E-state index contributed by atoms with van der Waals surface area (Å²) in [5.74, 6) is 0.830. The Hall–Kier alpha value is -2.62. The van der Waals surface area contributed by atoms with E-state index in [0.29, 0.717) is 6.54 Å². The van der Waals surface area contributed by atoms with Gasteiger partial charge in [-0.1, -0.05) is 13.0 Å². The number of hydrogen-bond acceptors (Lipinski definition) is 3. The second-order valence-electron chi connectivity index (χ2n) is 5.49. The Morgan fingerprint density at radius 1 is 1.27 bits per heavy atom. The van der Waals surface area contributed by atoms with Crippen molar-refractivity contribution < 1.29 is 4.74 Å². The molecule has 0 fully saturated rings. The summed E-state index contributed by atoms with van der Waals surface area (Å²) in [5.41, 5.74) is 5.23. The normalized spacial score (nSPS) is 12.3. The van der Waals surface area contributed by atoms with E-state index >= 15 is 0 Å². The largest absolute Gasteiger partial charge is 0.497 e. The second-order valence-corrected chi connectivity index (χ2v) is 5.49. The van der Waals surface area contributed by atoms with E-state index < -0.39 is 0 Å². The van der Waals surface area contributed by atoms with Gasteiger partial charge in [-0.3, -0.25) is 4.79 Å². The van der Waals surface area contributed by atoms with Gasteiger partial charge in [0.25, 0.3) is 5.56 Å². The van der Waals surface area contributed by atoms with Gasteiger partial charge in [-0.2, -0.15) is 0 Å². The van der Waals surface area contributed by atoms with Crippen LogP contribution in [0.25, 0.3) is 22.3 Å². The van der Waals surface area contributed by atoms with E-state index in [1.54, 1.807) is 23.8 Å². The van der Waals surface area contributed by atoms with Crippen LogP contribution in [0, 0.1) is 0 Å². The number of aryl methyl sites for hydroxylation is 1. The van der Waals surface area contributed by atoms with Crippen molar-refractivity contribution in [1.82, 2.24) is 9.55 Å². The lowest BCUT2D eigenvalue weighted by molar-refractivity contribution is 0.415. The molecule has 0 radical (unpaired) electrons. The number of nitrogens with zero attached hydrogens (tertiary/aromatic N) is 2. The zero-order valence-electron chi connectivity index (χ0n) is 12.6. The number of aromatic nitrogens is 2. The molecule has 0 aliphatic carbocycles. The van der Waals surface area contributed by atoms with E-state index in [2.05, 4.69) is 6.92 Å². The fourth-order valence-electron chi connectivity index (χ4n) is 3.31. The van der Waals surface area contributed by atoms with E-state index in [4.69, 9.17) is 9.72 Å². The summed E-state index contributed by atoms with van der Waals surface area (Å²) in [6.07, 6.45) is 0.900. The van der Waals surface area contributed by atoms with E-state index in [1.807, 2.05) is 24.3 Å². The number of benzene rings is 1. The lowest BCUT2D eigenvalue weighted by atomic mass is 9.98. The lowest BCUT2D eigenvalue weighted by Gasteiger charge is -2.11. The molecule has 1 aromatic carbocycles. The number of hydrogen-bond donors (Lipinski definition) is 0. The highest BCUT2D eigenvalue weighted by Gasteiger charge is 2.24. The minimum atomic E-state index is 0.0270. The lowest BCUT2D eigenvalue weighted by Crippen LogP contribution is -2.16. The average Bonchev–Trinajstić information content (AvgIpc) is 2.92. The Kier molecular flexibility index (Phi) is 2.79. The van der Waals surface area contributed by atoms with Gasteiger partial charge in [0.2, 0.25) is 0 Å². The SMILES string of the molecule is CCc1c2c(nc3ccc(OC)cc13)-c1cccc(=O)n1C2. The number of ether oxygens (including phenoxy) is 1. The van der Waals surface area contributed by atoms with Crippen molar-refractivity contribution >= 4 is 10.9 Å². The fraction of sp³-hybridized carbons (Fsp3) is 0.222. The maximum atomic E-state index is 12.1. The van der Waals surface area contributed by atoms with Crippen LogP contribution in [0.1, 0.15) is 18.1 Å². The van der Waals surface area contributed by atoms with Crippen LogP contribution in [0.3, 0.4) is 0 Å². The highest BCUT2D eigenvalue weighted by molar-refractivity contribution is 5.89. The molecule has 4 nitrogen and oxygen atoms in total. The molecule has 1 aliphatic rings. The molecule has 0 amide bonds. The minimum absolute atomic E-state index is 0.0270. The van der Waals surface area contributed by atoms with Crippen LogP contribution < -0.4 is 10.3 Å². The molecular weight excluding hydrogens is 276 g/mol. The fourth-order valence-corrected chi connectivity index (χ4v) is 3.31. The van der Waals surface area contributed by atoms with Crippen LogP contribution in [-0.2, 0) is 13.0 Å². The third-order valence-electron chi connectivity index (χ3n) is 4.37. The zero-order chi connectivity index (χ0) is 15.3. The summed E-state index contributed by atoms with van der Waals surface area (Å²) < 4.78 is 7.14. The molecule has 3 aromatic rings. The van der Waals surface area contributed by atoms with Crippen LogP contribution in [0.2, 0.25) is 0 Å². The van der Waals surface area contributed by atoms with Gasteiger partial charge < -0.3 is 9.30 Å². The van der Waals surface area contributed by atoms with Crippen molar-refractivity contribution in [2.75, 3.05) is 7.11 Å². The highest BCUT2D eigenvalue weighted by atomic mass is 16.5. The molecular formula is C18H16N2O2. The first-order chi connectivity index (χ1) is 10.7. The molecule has 2 aromatic heterocycles. The molecule has 0 saturated carbocycles. The van der Waals surface area contributed by atoms with Crippen molar-refractivity contribution in [3.63, 3.8) is 0 Å². The minimum Gasteiger partial charge on any atom is -0.497 e. The Balaban J connectivity index is 2.08. The number of methoxy groups -OCH3 is 1. The van der Waals surface area contributed by atoms with Crippen LogP contribution in [0.4, 0.5) is 0 Å². The highest BCUT2D eigenvalue weighted by Crippen LogP contribution is 2.36. The molecule has 0 unspecified atom stereocenters. The summed E-state index contributed by atoms with van der Waals surface area (Å²) in [7, 11) is 1.67. The summed E-state index contributed by atoms with van der Waals surface area (Å²) in [6.45, 7) is 2.74. The van der Waals surface area contributed by atoms with Crippen molar-refractivity contribution in [2.24, 2.45) is 0 Å². The maximum Gasteiger partial charge on any atom is 0.251 e. The van der Waals surface area contributed by atoms with E-state index in [9.17, 15) is 4.79 Å². The van der Waals surface area contributed by atoms with Crippen molar-refractivity contribution in [2.45, 2.75) is 19.9 Å². The molecule has 0 N–H and O–H groups in total. The quantitative estimate of drug-likeness (QED) is 0.570. The molecule has 110 valence electrons. The molecule has 4 rings (SSSR count). The topological polar surface area (TPSA) is 44.1 Å². The first-order valence-corrected chi connectivity index (χ1v) is 7.42. The van der Waals surface area contributed by atoms with E-state index in [-0.39, 0.29) is 5.56 Å². The third kappa shape index (κ3) is 1.70. The van der Waals surface area contributed by atoms with Crippen LogP contribution in [0.5, 0.6) is 5.75 Å². The number of pyridine rings is 2. The Morgan fingerprint density at radius 2 is 2.14 bits per heavy atom. The molecule has 1 aliphatic heterocycles. The van der Waals surface area contributed by atoms with Crippen molar-refractivity contribution in [3.05, 3.63) is 57.9 Å². The summed E-state index contributed by atoms with van der Waals surface area (Å²) in [4.78, 5) is 16.9. The molecule has 0 saturated heterocycles. The van der Waals surface area contributed by atoms with Gasteiger partial charge in [0.1, 0.15) is 5.75 Å². The first kappa shape index (κ1) is 13.1. The van der Waals surface area contributed by atoms with Crippen LogP contribution in [0.15, 0.2) is 41.2 Å². The predicted octanol–water partition coefficient (Wildman–Crippen LogP) is 3.00. The van der Waals surface area contributed by atoms with Crippen molar-refractivity contribution in [3.8, 4) is 17.1 Å². The van der Waals surface area contributed by atoms with Gasteiger partial charge in [-0.15, -0.1) is 0 Å². The second kappa shape index (κ2) is 4.70. The summed E-state index contributed by atoms with van der Waals surface area (Å²) >= 11 is 0. The van der Waals surface area contributed by atoms with Crippen molar-refractivity contribution in [1.29, 1.82) is 0 Å². The van der Waals surface area contributed by atoms with Gasteiger partial charge in [0.05, 0.1) is 30.6 Å². The number of rotatable bonds is 2. The molecule has 0 spiro atoms. The molecule has 0 atom stereocenters. The standard InChI is InChI=1S/C18H16N2O2/c1-3-12-13-9-11(22-2)7-8-15(13)19-18-14(12)10-20-16(18)5-4-6-17(20)21/h4-9H,3,10H2,1-2H3. The van der Waals surface area contributed by atoms with Crippen LogP contribution in [-0.4, -0.2) is 16.7 Å². The smallest absolute Gasteiger partial charge is 0.251 e. The Morgan fingerprint density at radius 3 is 2.91 bits per heavy atom. The monoisotopic (exact) mass is 292 g/mol. The molecule has 4 heteroatoms. The van der Waals surface area contributed by atoms with Gasteiger partial charge in [-0.25, -0.2) is 4.98 Å².